The van der Waals surface area contributed by atoms with Crippen molar-refractivity contribution in [1.29, 1.82) is 0 Å². The number of carbonyl (C=O) groups excluding carboxylic acids is 2. The molecule has 11 nitrogen and oxygen atoms in total. The second-order valence-electron chi connectivity index (χ2n) is 11.6. The third-order valence-electron chi connectivity index (χ3n) is 8.56. The lowest BCUT2D eigenvalue weighted by Gasteiger charge is -2.32. The van der Waals surface area contributed by atoms with Gasteiger partial charge < -0.3 is 19.9 Å². The predicted octanol–water partition coefficient (Wildman–Crippen LogP) is 3.30. The van der Waals surface area contributed by atoms with Crippen LogP contribution >= 0.6 is 0 Å². The van der Waals surface area contributed by atoms with Crippen LogP contribution in [0.4, 0.5) is 0 Å². The first-order valence-corrected chi connectivity index (χ1v) is 16.5. The van der Waals surface area contributed by atoms with Crippen LogP contribution in [0.1, 0.15) is 44.1 Å². The summed E-state index contributed by atoms with van der Waals surface area (Å²) >= 11 is 0. The molecular weight excluding hydrogens is 582 g/mol. The molecule has 0 radical (unpaired) electrons. The van der Waals surface area contributed by atoms with E-state index in [0.717, 1.165) is 40.6 Å². The van der Waals surface area contributed by atoms with Gasteiger partial charge in [0.1, 0.15) is 17.9 Å². The summed E-state index contributed by atoms with van der Waals surface area (Å²) in [6, 6.07) is 14.1. The van der Waals surface area contributed by atoms with Crippen molar-refractivity contribution in [3.05, 3.63) is 72.6 Å². The van der Waals surface area contributed by atoms with Crippen molar-refractivity contribution < 1.29 is 27.9 Å². The summed E-state index contributed by atoms with van der Waals surface area (Å²) in [5, 5.41) is 12.3. The molecule has 2 aromatic carbocycles. The molecule has 2 atom stereocenters. The van der Waals surface area contributed by atoms with Gasteiger partial charge in [0.15, 0.2) is 0 Å². The van der Waals surface area contributed by atoms with Gasteiger partial charge in [-0.05, 0) is 57.1 Å². The first-order chi connectivity index (χ1) is 21.1. The van der Waals surface area contributed by atoms with Gasteiger partial charge in [-0.25, -0.2) is 18.2 Å². The van der Waals surface area contributed by atoms with Gasteiger partial charge in [-0.2, -0.15) is 4.31 Å². The van der Waals surface area contributed by atoms with Crippen LogP contribution in [0.15, 0.2) is 71.9 Å². The molecule has 2 N–H and O–H groups in total. The molecule has 5 rings (SSSR count). The Morgan fingerprint density at radius 3 is 2.39 bits per heavy atom. The van der Waals surface area contributed by atoms with E-state index in [1.807, 2.05) is 43.5 Å². The molecule has 1 unspecified atom stereocenters. The number of hydrogen-bond donors (Lipinski definition) is 2. The van der Waals surface area contributed by atoms with Crippen molar-refractivity contribution in [3.8, 4) is 11.4 Å². The minimum Gasteiger partial charge on any atom is -0.480 e. The lowest BCUT2D eigenvalue weighted by atomic mass is 9.96. The fraction of sp³-hybridized carbons (Fsp3) is 0.438. The van der Waals surface area contributed by atoms with E-state index in [0.29, 0.717) is 31.8 Å². The number of aromatic nitrogens is 2. The molecule has 3 heterocycles. The fourth-order valence-corrected chi connectivity index (χ4v) is 7.69. The lowest BCUT2D eigenvalue weighted by molar-refractivity contribution is -0.143. The summed E-state index contributed by atoms with van der Waals surface area (Å²) in [4.78, 5) is 44.5. The number of benzene rings is 2. The summed E-state index contributed by atoms with van der Waals surface area (Å²) in [6.45, 7) is 3.99. The molecule has 44 heavy (non-hydrogen) atoms. The van der Waals surface area contributed by atoms with Gasteiger partial charge in [0.25, 0.3) is 0 Å². The number of carbonyl (C=O) groups is 3. The molecule has 2 aliphatic rings. The molecule has 0 spiro atoms. The summed E-state index contributed by atoms with van der Waals surface area (Å²) in [6.07, 6.45) is 6.10. The summed E-state index contributed by atoms with van der Waals surface area (Å²) < 4.78 is 29.8. The third kappa shape index (κ3) is 7.19. The Morgan fingerprint density at radius 2 is 1.70 bits per heavy atom. The Kier molecular flexibility index (Phi) is 9.80. The average Bonchev–Trinajstić information content (AvgIpc) is 3.71. The van der Waals surface area contributed by atoms with Crippen molar-refractivity contribution in [2.24, 2.45) is 5.92 Å². The van der Waals surface area contributed by atoms with Crippen molar-refractivity contribution in [2.75, 3.05) is 19.6 Å². The number of nitrogens with one attached hydrogen (secondary N) is 1. The molecule has 2 fully saturated rings. The molecule has 3 aromatic rings. The van der Waals surface area contributed by atoms with E-state index >= 15 is 0 Å². The molecule has 0 saturated carbocycles. The van der Waals surface area contributed by atoms with Crippen LogP contribution in [0.5, 0.6) is 0 Å². The number of amides is 2. The number of imidazole rings is 1. The number of carboxylic acid groups (broad SMARTS) is 1. The van der Waals surface area contributed by atoms with Crippen LogP contribution < -0.4 is 5.32 Å². The molecule has 2 amide bonds. The number of aryl methyl sites for hydroxylation is 1. The van der Waals surface area contributed by atoms with Gasteiger partial charge in [0.05, 0.1) is 4.90 Å². The van der Waals surface area contributed by atoms with Crippen molar-refractivity contribution in [3.63, 3.8) is 0 Å². The van der Waals surface area contributed by atoms with Crippen LogP contribution in [-0.2, 0) is 31.0 Å². The van der Waals surface area contributed by atoms with Gasteiger partial charge in [0, 0.05) is 50.6 Å². The highest BCUT2D eigenvalue weighted by Gasteiger charge is 2.40. The molecular formula is C32H39N5O6S. The maximum Gasteiger partial charge on any atom is 0.326 e. The zero-order chi connectivity index (χ0) is 31.3. The van der Waals surface area contributed by atoms with E-state index < -0.39 is 34.0 Å². The zero-order valence-electron chi connectivity index (χ0n) is 24.8. The SMILES string of the molecule is Cc1ccc(S(=O)(=O)N2CCC[C@H]2C(=O)NC(CCC(=O)N2CCC(Cn3ccnc3-c3ccccc3)CC2)C(=O)O)cc1. The smallest absolute Gasteiger partial charge is 0.326 e. The van der Waals surface area contributed by atoms with E-state index in [9.17, 15) is 27.9 Å². The van der Waals surface area contributed by atoms with Crippen molar-refractivity contribution in [1.82, 2.24) is 24.1 Å². The van der Waals surface area contributed by atoms with Gasteiger partial charge in [-0.3, -0.25) is 9.59 Å². The normalized spacial score (nSPS) is 18.7. The summed E-state index contributed by atoms with van der Waals surface area (Å²) in [7, 11) is -3.92. The molecule has 0 aliphatic carbocycles. The molecule has 2 saturated heterocycles. The third-order valence-corrected chi connectivity index (χ3v) is 10.5. The van der Waals surface area contributed by atoms with Crippen molar-refractivity contribution >= 4 is 27.8 Å². The molecule has 12 heteroatoms. The Hall–Kier alpha value is -4.03. The minimum absolute atomic E-state index is 0.0301. The number of rotatable bonds is 11. The second kappa shape index (κ2) is 13.7. The molecule has 0 bridgehead atoms. The highest BCUT2D eigenvalue weighted by atomic mass is 32.2. The Bertz CT molecular complexity index is 1570. The van der Waals surface area contributed by atoms with E-state index in [2.05, 4.69) is 14.9 Å². The van der Waals surface area contributed by atoms with Crippen LogP contribution in [0.25, 0.3) is 11.4 Å². The number of piperidine rings is 1. The van der Waals surface area contributed by atoms with E-state index in [1.165, 1.54) is 12.1 Å². The van der Waals surface area contributed by atoms with Crippen LogP contribution in [0.3, 0.4) is 0 Å². The first-order valence-electron chi connectivity index (χ1n) is 15.1. The average molecular weight is 622 g/mol. The van der Waals surface area contributed by atoms with E-state index in [4.69, 9.17) is 0 Å². The van der Waals surface area contributed by atoms with Crippen LogP contribution in [0, 0.1) is 12.8 Å². The van der Waals surface area contributed by atoms with E-state index in [-0.39, 0.29) is 30.2 Å². The van der Waals surface area contributed by atoms with Crippen molar-refractivity contribution in [2.45, 2.75) is 69.0 Å². The minimum atomic E-state index is -3.92. The lowest BCUT2D eigenvalue weighted by Crippen LogP contribution is -2.51. The summed E-state index contributed by atoms with van der Waals surface area (Å²) in [5.74, 6) is -0.772. The quantitative estimate of drug-likeness (QED) is 0.335. The Morgan fingerprint density at radius 1 is 1.00 bits per heavy atom. The fourth-order valence-electron chi connectivity index (χ4n) is 6.03. The number of sulfonamides is 1. The highest BCUT2D eigenvalue weighted by Crippen LogP contribution is 2.27. The second-order valence-corrected chi connectivity index (χ2v) is 13.5. The zero-order valence-corrected chi connectivity index (χ0v) is 25.7. The largest absolute Gasteiger partial charge is 0.480 e. The van der Waals surface area contributed by atoms with Gasteiger partial charge >= 0.3 is 5.97 Å². The summed E-state index contributed by atoms with van der Waals surface area (Å²) in [5.41, 5.74) is 1.97. The highest BCUT2D eigenvalue weighted by molar-refractivity contribution is 7.89. The van der Waals surface area contributed by atoms with Crippen LogP contribution in [-0.4, -0.2) is 81.8 Å². The standard InChI is InChI=1S/C32H39N5O6S/c1-23-9-11-26(12-10-23)44(42,43)37-18-5-8-28(37)31(39)34-27(32(40)41)13-14-29(38)35-19-15-24(16-20-35)22-36-21-17-33-30(36)25-6-3-2-4-7-25/h2-4,6-7,9-12,17,21,24,27-28H,5,8,13-16,18-20,22H2,1H3,(H,34,39)(H,40,41)/t27?,28-/m0/s1. The number of hydrogen-bond acceptors (Lipinski definition) is 6. The number of aliphatic carboxylic acids is 1. The molecule has 234 valence electrons. The first kappa shape index (κ1) is 31.4. The van der Waals surface area contributed by atoms with E-state index in [1.54, 1.807) is 23.2 Å². The topological polar surface area (TPSA) is 142 Å². The maximum absolute atomic E-state index is 13.2. The molecule has 2 aliphatic heterocycles. The van der Waals surface area contributed by atoms with Gasteiger partial charge in [-0.1, -0.05) is 48.0 Å². The van der Waals surface area contributed by atoms with Crippen LogP contribution in [0.2, 0.25) is 0 Å². The van der Waals surface area contributed by atoms with Gasteiger partial charge in [-0.15, -0.1) is 0 Å². The predicted molar refractivity (Wildman–Crippen MR) is 164 cm³/mol. The number of carboxylic acids is 1. The molecule has 1 aromatic heterocycles. The number of likely N-dealkylation sites (tertiary alicyclic amines) is 1. The van der Waals surface area contributed by atoms with Gasteiger partial charge in [0.2, 0.25) is 21.8 Å². The number of nitrogens with zero attached hydrogens (tertiary/aromatic N) is 4. The maximum atomic E-state index is 13.2. The Labute approximate surface area is 257 Å². The monoisotopic (exact) mass is 621 g/mol. The Balaban J connectivity index is 1.12.